The second-order valence-electron chi connectivity index (χ2n) is 4.96. The van der Waals surface area contributed by atoms with Crippen LogP contribution in [0.5, 0.6) is 0 Å². The van der Waals surface area contributed by atoms with E-state index < -0.39 is 5.97 Å². The fourth-order valence-corrected chi connectivity index (χ4v) is 3.31. The maximum atomic E-state index is 12.2. The first-order valence-electron chi connectivity index (χ1n) is 6.72. The van der Waals surface area contributed by atoms with Gasteiger partial charge in [-0.05, 0) is 25.5 Å². The highest BCUT2D eigenvalue weighted by Crippen LogP contribution is 2.20. The molecule has 118 valence electrons. The van der Waals surface area contributed by atoms with Gasteiger partial charge in [-0.1, -0.05) is 11.6 Å². The van der Waals surface area contributed by atoms with Crippen LogP contribution in [0, 0.1) is 13.8 Å². The predicted molar refractivity (Wildman–Crippen MR) is 87.2 cm³/mol. The topological polar surface area (TPSA) is 73.6 Å². The molecule has 0 aliphatic rings. The lowest BCUT2D eigenvalue weighted by molar-refractivity contribution is 0.0466. The van der Waals surface area contributed by atoms with Gasteiger partial charge in [0.2, 0.25) is 0 Å². The van der Waals surface area contributed by atoms with Crippen molar-refractivity contribution in [1.82, 2.24) is 14.4 Å². The Morgan fingerprint density at radius 1 is 1.35 bits per heavy atom. The SMILES string of the molecule is Cc1cc(C)c(C(=O)OCc2cc(=O)n3ccsc3n2)c(Cl)n1. The van der Waals surface area contributed by atoms with Crippen molar-refractivity contribution in [3.8, 4) is 0 Å². The van der Waals surface area contributed by atoms with Crippen molar-refractivity contribution in [2.45, 2.75) is 20.5 Å². The number of halogens is 1. The first kappa shape index (κ1) is 15.6. The fraction of sp³-hybridized carbons (Fsp3) is 0.200. The van der Waals surface area contributed by atoms with Crippen LogP contribution in [-0.4, -0.2) is 20.3 Å². The van der Waals surface area contributed by atoms with E-state index in [0.29, 0.717) is 16.2 Å². The van der Waals surface area contributed by atoms with Crippen LogP contribution in [0.15, 0.2) is 28.5 Å². The molecule has 0 bridgehead atoms. The van der Waals surface area contributed by atoms with E-state index in [1.165, 1.54) is 21.8 Å². The number of fused-ring (bicyclic) bond motifs is 1. The van der Waals surface area contributed by atoms with Gasteiger partial charge in [0.1, 0.15) is 11.8 Å². The lowest BCUT2D eigenvalue weighted by atomic mass is 10.1. The van der Waals surface area contributed by atoms with E-state index in [2.05, 4.69) is 9.97 Å². The highest BCUT2D eigenvalue weighted by Gasteiger charge is 2.17. The number of thiazole rings is 1. The van der Waals surface area contributed by atoms with E-state index in [9.17, 15) is 9.59 Å². The molecule has 3 aromatic rings. The Balaban J connectivity index is 1.82. The Kier molecular flexibility index (Phi) is 4.14. The highest BCUT2D eigenvalue weighted by molar-refractivity contribution is 7.15. The highest BCUT2D eigenvalue weighted by atomic mass is 35.5. The van der Waals surface area contributed by atoms with Crippen LogP contribution in [0.1, 0.15) is 27.3 Å². The van der Waals surface area contributed by atoms with Gasteiger partial charge in [0.25, 0.3) is 5.56 Å². The van der Waals surface area contributed by atoms with Crippen LogP contribution in [0.25, 0.3) is 4.96 Å². The summed E-state index contributed by atoms with van der Waals surface area (Å²) in [6, 6.07) is 3.10. The van der Waals surface area contributed by atoms with E-state index in [4.69, 9.17) is 16.3 Å². The molecule has 0 saturated carbocycles. The molecule has 6 nitrogen and oxygen atoms in total. The number of pyridine rings is 1. The molecule has 8 heteroatoms. The Hall–Kier alpha value is -2.25. The maximum absolute atomic E-state index is 12.2. The van der Waals surface area contributed by atoms with Gasteiger partial charge in [-0.3, -0.25) is 9.20 Å². The van der Waals surface area contributed by atoms with Gasteiger partial charge in [0.15, 0.2) is 4.96 Å². The minimum atomic E-state index is -0.590. The van der Waals surface area contributed by atoms with Gasteiger partial charge in [-0.25, -0.2) is 14.8 Å². The summed E-state index contributed by atoms with van der Waals surface area (Å²) in [5.41, 5.74) is 1.82. The Morgan fingerprint density at radius 2 is 2.13 bits per heavy atom. The smallest absolute Gasteiger partial charge is 0.341 e. The van der Waals surface area contributed by atoms with E-state index in [1.54, 1.807) is 31.5 Å². The predicted octanol–water partition coefficient (Wildman–Crippen LogP) is 2.78. The van der Waals surface area contributed by atoms with Gasteiger partial charge < -0.3 is 4.74 Å². The lowest BCUT2D eigenvalue weighted by Crippen LogP contribution is -2.15. The Labute approximate surface area is 140 Å². The fourth-order valence-electron chi connectivity index (χ4n) is 2.21. The molecule has 3 aromatic heterocycles. The zero-order valence-electron chi connectivity index (χ0n) is 12.4. The van der Waals surface area contributed by atoms with E-state index in [1.807, 2.05) is 0 Å². The molecule has 0 N–H and O–H groups in total. The summed E-state index contributed by atoms with van der Waals surface area (Å²) < 4.78 is 6.66. The first-order chi connectivity index (χ1) is 11.0. The number of carbonyl (C=O) groups excluding carboxylic acids is 1. The number of nitrogens with zero attached hydrogens (tertiary/aromatic N) is 3. The zero-order chi connectivity index (χ0) is 16.6. The van der Waals surface area contributed by atoms with Crippen LogP contribution >= 0.6 is 22.9 Å². The van der Waals surface area contributed by atoms with E-state index in [-0.39, 0.29) is 22.9 Å². The van der Waals surface area contributed by atoms with Crippen LogP contribution < -0.4 is 5.56 Å². The number of aromatic nitrogens is 3. The number of hydrogen-bond donors (Lipinski definition) is 0. The molecular formula is C15H12ClN3O3S. The number of carbonyl (C=O) groups is 1. The Bertz CT molecular complexity index is 941. The average molecular weight is 350 g/mol. The maximum Gasteiger partial charge on any atom is 0.341 e. The largest absolute Gasteiger partial charge is 0.455 e. The zero-order valence-corrected chi connectivity index (χ0v) is 13.9. The van der Waals surface area contributed by atoms with Crippen molar-refractivity contribution in [3.63, 3.8) is 0 Å². The molecule has 0 spiro atoms. The molecule has 0 aliphatic carbocycles. The van der Waals surface area contributed by atoms with Gasteiger partial charge in [-0.2, -0.15) is 0 Å². The van der Waals surface area contributed by atoms with Gasteiger partial charge in [-0.15, -0.1) is 11.3 Å². The summed E-state index contributed by atoms with van der Waals surface area (Å²) in [6.07, 6.45) is 1.65. The van der Waals surface area contributed by atoms with E-state index >= 15 is 0 Å². The van der Waals surface area contributed by atoms with Crippen molar-refractivity contribution in [1.29, 1.82) is 0 Å². The third kappa shape index (κ3) is 3.11. The van der Waals surface area contributed by atoms with Crippen molar-refractivity contribution in [3.05, 3.63) is 61.7 Å². The van der Waals surface area contributed by atoms with Crippen molar-refractivity contribution in [2.75, 3.05) is 0 Å². The molecule has 0 unspecified atom stereocenters. The lowest BCUT2D eigenvalue weighted by Gasteiger charge is -2.09. The molecule has 0 amide bonds. The monoisotopic (exact) mass is 349 g/mol. The minimum Gasteiger partial charge on any atom is -0.455 e. The molecule has 0 radical (unpaired) electrons. The summed E-state index contributed by atoms with van der Waals surface area (Å²) in [6.45, 7) is 3.45. The van der Waals surface area contributed by atoms with Crippen molar-refractivity contribution in [2.24, 2.45) is 0 Å². The number of aryl methyl sites for hydroxylation is 2. The van der Waals surface area contributed by atoms with Gasteiger partial charge in [0, 0.05) is 23.3 Å². The normalized spacial score (nSPS) is 10.9. The van der Waals surface area contributed by atoms with Crippen LogP contribution in [-0.2, 0) is 11.3 Å². The summed E-state index contributed by atoms with van der Waals surface area (Å²) in [5.74, 6) is -0.590. The number of rotatable bonds is 3. The van der Waals surface area contributed by atoms with E-state index in [0.717, 1.165) is 5.69 Å². The molecule has 3 heterocycles. The van der Waals surface area contributed by atoms with Crippen LogP contribution in [0.3, 0.4) is 0 Å². The average Bonchev–Trinajstić information content (AvgIpc) is 2.93. The first-order valence-corrected chi connectivity index (χ1v) is 7.98. The van der Waals surface area contributed by atoms with Crippen molar-refractivity contribution >= 4 is 33.9 Å². The summed E-state index contributed by atoms with van der Waals surface area (Å²) in [4.78, 5) is 33.0. The Morgan fingerprint density at radius 3 is 2.87 bits per heavy atom. The summed E-state index contributed by atoms with van der Waals surface area (Å²) in [5, 5.41) is 1.87. The molecule has 0 saturated heterocycles. The van der Waals surface area contributed by atoms with Gasteiger partial charge >= 0.3 is 5.97 Å². The molecule has 0 aliphatic heterocycles. The van der Waals surface area contributed by atoms with Crippen LogP contribution in [0.4, 0.5) is 0 Å². The molecule has 0 aromatic carbocycles. The van der Waals surface area contributed by atoms with Crippen molar-refractivity contribution < 1.29 is 9.53 Å². The quantitative estimate of drug-likeness (QED) is 0.537. The minimum absolute atomic E-state index is 0.105. The van der Waals surface area contributed by atoms with Crippen LogP contribution in [0.2, 0.25) is 5.15 Å². The second kappa shape index (κ2) is 6.10. The third-order valence-corrected chi connectivity index (χ3v) is 4.24. The summed E-state index contributed by atoms with van der Waals surface area (Å²) >= 11 is 7.35. The molecule has 0 atom stereocenters. The standard InChI is InChI=1S/C15H12ClN3O3S/c1-8-5-9(2)17-13(16)12(8)14(21)22-7-10-6-11(20)19-3-4-23-15(19)18-10/h3-6H,7H2,1-2H3. The molecular weight excluding hydrogens is 338 g/mol. The number of ether oxygens (including phenoxy) is 1. The molecule has 23 heavy (non-hydrogen) atoms. The second-order valence-corrected chi connectivity index (χ2v) is 6.19. The third-order valence-electron chi connectivity index (χ3n) is 3.21. The van der Waals surface area contributed by atoms with Gasteiger partial charge in [0.05, 0.1) is 11.3 Å². The molecule has 3 rings (SSSR count). The summed E-state index contributed by atoms with van der Waals surface area (Å²) in [7, 11) is 0. The number of hydrogen-bond acceptors (Lipinski definition) is 6. The number of esters is 1. The molecule has 0 fully saturated rings.